The number of rotatable bonds is 4. The van der Waals surface area contributed by atoms with Crippen molar-refractivity contribution < 1.29 is 23.9 Å². The molecule has 0 saturated carbocycles. The predicted molar refractivity (Wildman–Crippen MR) is 99.0 cm³/mol. The maximum atomic E-state index is 12.7. The second-order valence-electron chi connectivity index (χ2n) is 7.57. The van der Waals surface area contributed by atoms with E-state index in [0.717, 1.165) is 48.9 Å². The highest BCUT2D eigenvalue weighted by Crippen LogP contribution is 2.43. The summed E-state index contributed by atoms with van der Waals surface area (Å²) in [6.45, 7) is 4.04. The van der Waals surface area contributed by atoms with Crippen LogP contribution in [-0.4, -0.2) is 74.1 Å². The van der Waals surface area contributed by atoms with Crippen molar-refractivity contribution in [2.75, 3.05) is 40.5 Å². The summed E-state index contributed by atoms with van der Waals surface area (Å²) in [5.74, 6) is -2.42. The summed E-state index contributed by atoms with van der Waals surface area (Å²) < 4.78 is 10.3. The van der Waals surface area contributed by atoms with Crippen molar-refractivity contribution in [3.8, 4) is 0 Å². The second kappa shape index (κ2) is 7.62. The van der Waals surface area contributed by atoms with Crippen LogP contribution < -0.4 is 5.32 Å². The largest absolute Gasteiger partial charge is 0.468 e. The number of carbonyl (C=O) groups is 3. The van der Waals surface area contributed by atoms with Crippen LogP contribution in [0.5, 0.6) is 0 Å². The molecule has 4 rings (SSSR count). The fraction of sp³-hybridized carbons (Fsp3) is 0.550. The van der Waals surface area contributed by atoms with Crippen LogP contribution in [0.1, 0.15) is 17.2 Å². The first-order chi connectivity index (χ1) is 13.5. The van der Waals surface area contributed by atoms with E-state index in [1.807, 2.05) is 12.1 Å². The number of esters is 1. The van der Waals surface area contributed by atoms with Crippen LogP contribution in [-0.2, 0) is 30.4 Å². The molecule has 0 aliphatic carbocycles. The van der Waals surface area contributed by atoms with Gasteiger partial charge in [0, 0.05) is 32.7 Å². The normalized spacial score (nSPS) is 30.6. The number of hydrogen-bond donors (Lipinski definition) is 1. The van der Waals surface area contributed by atoms with Gasteiger partial charge in [-0.15, -0.1) is 0 Å². The number of nitrogens with one attached hydrogen (secondary N) is 1. The molecule has 0 bridgehead atoms. The predicted octanol–water partition coefficient (Wildman–Crippen LogP) is -0.0643. The highest BCUT2D eigenvalue weighted by atomic mass is 16.5. The summed E-state index contributed by atoms with van der Waals surface area (Å²) in [6, 6.07) is 6.78. The Bertz CT molecular complexity index is 792. The number of hydrogen-bond acceptors (Lipinski definition) is 7. The summed E-state index contributed by atoms with van der Waals surface area (Å²) in [6.07, 6.45) is 0. The smallest absolute Gasteiger partial charge is 0.323 e. The van der Waals surface area contributed by atoms with Gasteiger partial charge in [-0.1, -0.05) is 24.3 Å². The van der Waals surface area contributed by atoms with Gasteiger partial charge < -0.3 is 9.47 Å². The molecule has 0 radical (unpaired) electrons. The standard InChI is InChI=1S/C20H25N3O5/c1-22-18(24)14-15(19(22)25)17(20(26)27-2)21-16(14)13-5-3-4-12(10-13)11-23-6-8-28-9-7-23/h3-5,10,14-17,21H,6-9,11H2,1-2H3/t14-,15+,16-,17-/m0/s1. The van der Waals surface area contributed by atoms with Crippen molar-refractivity contribution in [2.45, 2.75) is 18.6 Å². The molecule has 0 spiro atoms. The number of morpholine rings is 1. The lowest BCUT2D eigenvalue weighted by molar-refractivity contribution is -0.147. The van der Waals surface area contributed by atoms with E-state index < -0.39 is 29.9 Å². The van der Waals surface area contributed by atoms with E-state index in [1.54, 1.807) is 0 Å². The Kier molecular flexibility index (Phi) is 5.18. The number of methoxy groups -OCH3 is 1. The molecule has 8 heteroatoms. The summed E-state index contributed by atoms with van der Waals surface area (Å²) in [7, 11) is 2.77. The molecule has 3 heterocycles. The van der Waals surface area contributed by atoms with Gasteiger partial charge in [0.05, 0.1) is 32.2 Å². The first-order valence-corrected chi connectivity index (χ1v) is 9.55. The molecule has 0 aromatic heterocycles. The van der Waals surface area contributed by atoms with Crippen LogP contribution in [0.3, 0.4) is 0 Å². The molecule has 1 aromatic rings. The molecule has 4 atom stereocenters. The highest BCUT2D eigenvalue weighted by molar-refractivity contribution is 6.08. The Morgan fingerprint density at radius 1 is 1.21 bits per heavy atom. The molecule has 2 amide bonds. The lowest BCUT2D eigenvalue weighted by atomic mass is 9.86. The molecular formula is C20H25N3O5. The molecule has 8 nitrogen and oxygen atoms in total. The molecule has 28 heavy (non-hydrogen) atoms. The molecule has 1 aromatic carbocycles. The number of ether oxygens (including phenoxy) is 2. The third kappa shape index (κ3) is 3.21. The number of fused-ring (bicyclic) bond motifs is 1. The van der Waals surface area contributed by atoms with E-state index in [-0.39, 0.29) is 11.8 Å². The van der Waals surface area contributed by atoms with Gasteiger partial charge in [-0.2, -0.15) is 0 Å². The van der Waals surface area contributed by atoms with Crippen LogP contribution in [0.2, 0.25) is 0 Å². The Hall–Kier alpha value is -2.29. The van der Waals surface area contributed by atoms with Crippen molar-refractivity contribution >= 4 is 17.8 Å². The molecule has 3 aliphatic heterocycles. The van der Waals surface area contributed by atoms with Crippen LogP contribution in [0.15, 0.2) is 24.3 Å². The summed E-state index contributed by atoms with van der Waals surface area (Å²) in [5, 5.41) is 3.20. The van der Waals surface area contributed by atoms with Crippen molar-refractivity contribution in [1.82, 2.24) is 15.1 Å². The second-order valence-corrected chi connectivity index (χ2v) is 7.57. The number of carbonyl (C=O) groups excluding carboxylic acids is 3. The summed E-state index contributed by atoms with van der Waals surface area (Å²) in [4.78, 5) is 41.0. The van der Waals surface area contributed by atoms with Crippen LogP contribution in [0.25, 0.3) is 0 Å². The quantitative estimate of drug-likeness (QED) is 0.572. The van der Waals surface area contributed by atoms with Crippen LogP contribution in [0, 0.1) is 11.8 Å². The van der Waals surface area contributed by atoms with Crippen molar-refractivity contribution in [2.24, 2.45) is 11.8 Å². The van der Waals surface area contributed by atoms with E-state index in [9.17, 15) is 14.4 Å². The number of amides is 2. The molecule has 150 valence electrons. The fourth-order valence-electron chi connectivity index (χ4n) is 4.51. The first kappa shape index (κ1) is 19.0. The van der Waals surface area contributed by atoms with Gasteiger partial charge in [0.25, 0.3) is 0 Å². The monoisotopic (exact) mass is 387 g/mol. The average Bonchev–Trinajstić information content (AvgIpc) is 3.21. The fourth-order valence-corrected chi connectivity index (χ4v) is 4.51. The van der Waals surface area contributed by atoms with Gasteiger partial charge in [0.1, 0.15) is 6.04 Å². The third-order valence-corrected chi connectivity index (χ3v) is 5.97. The van der Waals surface area contributed by atoms with Gasteiger partial charge in [0.2, 0.25) is 11.8 Å². The Balaban J connectivity index is 1.61. The van der Waals surface area contributed by atoms with E-state index >= 15 is 0 Å². The minimum absolute atomic E-state index is 0.252. The molecular weight excluding hydrogens is 362 g/mol. The van der Waals surface area contributed by atoms with Gasteiger partial charge in [-0.05, 0) is 11.1 Å². The SMILES string of the molecule is COC(=O)[C@H]1N[C@@H](c2cccc(CN3CCOCC3)c2)[C@H]2C(=O)N(C)C(=O)[C@H]21. The van der Waals surface area contributed by atoms with Crippen molar-refractivity contribution in [3.05, 3.63) is 35.4 Å². The van der Waals surface area contributed by atoms with Gasteiger partial charge >= 0.3 is 5.97 Å². The Morgan fingerprint density at radius 2 is 1.93 bits per heavy atom. The summed E-state index contributed by atoms with van der Waals surface area (Å²) >= 11 is 0. The van der Waals surface area contributed by atoms with E-state index in [4.69, 9.17) is 9.47 Å². The van der Waals surface area contributed by atoms with E-state index in [1.165, 1.54) is 14.2 Å². The van der Waals surface area contributed by atoms with Crippen molar-refractivity contribution in [1.29, 1.82) is 0 Å². The number of benzene rings is 1. The van der Waals surface area contributed by atoms with Gasteiger partial charge in [0.15, 0.2) is 0 Å². The minimum atomic E-state index is -0.815. The highest BCUT2D eigenvalue weighted by Gasteiger charge is 2.60. The molecule has 3 saturated heterocycles. The topological polar surface area (TPSA) is 88.2 Å². The number of nitrogens with zero attached hydrogens (tertiary/aromatic N) is 2. The van der Waals surface area contributed by atoms with Crippen molar-refractivity contribution in [3.63, 3.8) is 0 Å². The maximum absolute atomic E-state index is 12.7. The zero-order valence-electron chi connectivity index (χ0n) is 16.1. The average molecular weight is 387 g/mol. The molecule has 3 aliphatic rings. The van der Waals surface area contributed by atoms with Gasteiger partial charge in [-0.25, -0.2) is 0 Å². The first-order valence-electron chi connectivity index (χ1n) is 9.55. The summed E-state index contributed by atoms with van der Waals surface area (Å²) in [5.41, 5.74) is 2.04. The minimum Gasteiger partial charge on any atom is -0.468 e. The van der Waals surface area contributed by atoms with Crippen LogP contribution in [0.4, 0.5) is 0 Å². The van der Waals surface area contributed by atoms with Crippen LogP contribution >= 0.6 is 0 Å². The molecule has 0 unspecified atom stereocenters. The van der Waals surface area contributed by atoms with Gasteiger partial charge in [-0.3, -0.25) is 29.5 Å². The molecule has 1 N–H and O–H groups in total. The molecule has 3 fully saturated rings. The zero-order chi connectivity index (χ0) is 19.8. The lowest BCUT2D eigenvalue weighted by Crippen LogP contribution is -2.42. The number of likely N-dealkylation sites (tertiary alicyclic amines) is 1. The zero-order valence-corrected chi connectivity index (χ0v) is 16.1. The Labute approximate surface area is 163 Å². The van der Waals surface area contributed by atoms with E-state index in [0.29, 0.717) is 0 Å². The maximum Gasteiger partial charge on any atom is 0.323 e. The third-order valence-electron chi connectivity index (χ3n) is 5.97. The van der Waals surface area contributed by atoms with E-state index in [2.05, 4.69) is 22.3 Å². The number of imide groups is 1. The lowest BCUT2D eigenvalue weighted by Gasteiger charge is -2.27. The Morgan fingerprint density at radius 3 is 2.64 bits per heavy atom.